The normalized spacial score (nSPS) is 17.1. The largest absolute Gasteiger partial charge is 0.381 e. The van der Waals surface area contributed by atoms with Crippen molar-refractivity contribution in [1.82, 2.24) is 4.98 Å². The lowest BCUT2D eigenvalue weighted by atomic mass is 9.99. The molecule has 1 aliphatic heterocycles. The molecule has 1 saturated heterocycles. The van der Waals surface area contributed by atoms with E-state index in [9.17, 15) is 4.79 Å². The summed E-state index contributed by atoms with van der Waals surface area (Å²) < 4.78 is 5.20. The lowest BCUT2D eigenvalue weighted by molar-refractivity contribution is -0.122. The van der Waals surface area contributed by atoms with E-state index in [2.05, 4.69) is 10.3 Å². The van der Waals surface area contributed by atoms with Gasteiger partial charge in [-0.05, 0) is 25.0 Å². The van der Waals surface area contributed by atoms with Gasteiger partial charge in [0.1, 0.15) is 0 Å². The summed E-state index contributed by atoms with van der Waals surface area (Å²) in [6, 6.07) is 3.43. The van der Waals surface area contributed by atoms with Crippen LogP contribution >= 0.6 is 11.6 Å². The fourth-order valence-electron chi connectivity index (χ4n) is 1.66. The fourth-order valence-corrected chi connectivity index (χ4v) is 1.82. The number of hydrogen-bond donors (Lipinski definition) is 1. The quantitative estimate of drug-likeness (QED) is 0.861. The third kappa shape index (κ3) is 2.71. The zero-order valence-corrected chi connectivity index (χ0v) is 9.54. The summed E-state index contributed by atoms with van der Waals surface area (Å²) in [6.07, 6.45) is 3.12. The molecule has 2 heterocycles. The Morgan fingerprint density at radius 1 is 1.50 bits per heavy atom. The van der Waals surface area contributed by atoms with Gasteiger partial charge in [-0.15, -0.1) is 0 Å². The molecule has 0 aliphatic carbocycles. The fraction of sp³-hybridized carbons (Fsp3) is 0.455. The van der Waals surface area contributed by atoms with Crippen LogP contribution in [0.4, 0.5) is 5.82 Å². The van der Waals surface area contributed by atoms with Crippen LogP contribution in [-0.4, -0.2) is 24.1 Å². The highest BCUT2D eigenvalue weighted by molar-refractivity contribution is 6.33. The van der Waals surface area contributed by atoms with Crippen molar-refractivity contribution in [3.63, 3.8) is 0 Å². The summed E-state index contributed by atoms with van der Waals surface area (Å²) in [5, 5.41) is 3.20. The number of aromatic nitrogens is 1. The van der Waals surface area contributed by atoms with E-state index in [0.29, 0.717) is 24.1 Å². The molecule has 0 saturated carbocycles. The Morgan fingerprint density at radius 3 is 2.94 bits per heavy atom. The first-order chi connectivity index (χ1) is 7.77. The molecule has 16 heavy (non-hydrogen) atoms. The van der Waals surface area contributed by atoms with E-state index < -0.39 is 0 Å². The van der Waals surface area contributed by atoms with Crippen molar-refractivity contribution in [2.75, 3.05) is 18.5 Å². The van der Waals surface area contributed by atoms with E-state index in [1.165, 1.54) is 0 Å². The van der Waals surface area contributed by atoms with Crippen LogP contribution in [0.5, 0.6) is 0 Å². The standard InChI is InChI=1S/C11H13ClN2O2/c12-9-2-1-5-13-10(9)14-11(15)8-3-6-16-7-4-8/h1-2,5,8H,3-4,6-7H2,(H,13,14,15). The Labute approximate surface area is 99.0 Å². The highest BCUT2D eigenvalue weighted by atomic mass is 35.5. The van der Waals surface area contributed by atoms with Crippen molar-refractivity contribution in [2.24, 2.45) is 5.92 Å². The summed E-state index contributed by atoms with van der Waals surface area (Å²) in [7, 11) is 0. The number of ether oxygens (including phenoxy) is 1. The second kappa shape index (κ2) is 5.27. The summed E-state index contributed by atoms with van der Waals surface area (Å²) in [4.78, 5) is 15.9. The Kier molecular flexibility index (Phi) is 3.74. The van der Waals surface area contributed by atoms with Crippen molar-refractivity contribution in [1.29, 1.82) is 0 Å². The van der Waals surface area contributed by atoms with Crippen molar-refractivity contribution in [2.45, 2.75) is 12.8 Å². The minimum Gasteiger partial charge on any atom is -0.381 e. The van der Waals surface area contributed by atoms with Gasteiger partial charge in [-0.1, -0.05) is 11.6 Å². The van der Waals surface area contributed by atoms with Crippen molar-refractivity contribution < 1.29 is 9.53 Å². The van der Waals surface area contributed by atoms with Crippen molar-refractivity contribution in [3.8, 4) is 0 Å². The molecule has 4 nitrogen and oxygen atoms in total. The Balaban J connectivity index is 1.99. The van der Waals surface area contributed by atoms with E-state index in [0.717, 1.165) is 12.8 Å². The molecule has 1 fully saturated rings. The molecule has 0 aromatic carbocycles. The second-order valence-electron chi connectivity index (χ2n) is 3.71. The molecule has 1 N–H and O–H groups in total. The molecule has 86 valence electrons. The molecule has 1 amide bonds. The molecule has 5 heteroatoms. The van der Waals surface area contributed by atoms with Gasteiger partial charge >= 0.3 is 0 Å². The third-order valence-corrected chi connectivity index (χ3v) is 2.90. The summed E-state index contributed by atoms with van der Waals surface area (Å²) in [5.74, 6) is 0.413. The summed E-state index contributed by atoms with van der Waals surface area (Å²) in [6.45, 7) is 1.29. The van der Waals surface area contributed by atoms with E-state index in [1.807, 2.05) is 0 Å². The molecule has 0 unspecified atom stereocenters. The lowest BCUT2D eigenvalue weighted by Gasteiger charge is -2.21. The van der Waals surface area contributed by atoms with E-state index in [-0.39, 0.29) is 11.8 Å². The van der Waals surface area contributed by atoms with Gasteiger partial charge in [-0.3, -0.25) is 4.79 Å². The molecule has 1 aliphatic rings. The summed E-state index contributed by atoms with van der Waals surface area (Å²) >= 11 is 5.91. The monoisotopic (exact) mass is 240 g/mol. The number of hydrogen-bond acceptors (Lipinski definition) is 3. The number of rotatable bonds is 2. The number of carbonyl (C=O) groups excluding carboxylic acids is 1. The average molecular weight is 241 g/mol. The van der Waals surface area contributed by atoms with Crippen LogP contribution < -0.4 is 5.32 Å². The lowest BCUT2D eigenvalue weighted by Crippen LogP contribution is -2.28. The molecule has 2 rings (SSSR count). The number of halogens is 1. The first kappa shape index (κ1) is 11.4. The smallest absolute Gasteiger partial charge is 0.228 e. The predicted molar refractivity (Wildman–Crippen MR) is 61.4 cm³/mol. The van der Waals surface area contributed by atoms with Gasteiger partial charge < -0.3 is 10.1 Å². The van der Waals surface area contributed by atoms with Gasteiger partial charge in [-0.2, -0.15) is 0 Å². The highest BCUT2D eigenvalue weighted by Gasteiger charge is 2.22. The SMILES string of the molecule is O=C(Nc1ncccc1Cl)C1CCOCC1. The van der Waals surface area contributed by atoms with Crippen LogP contribution in [0, 0.1) is 5.92 Å². The van der Waals surface area contributed by atoms with Gasteiger partial charge in [0.05, 0.1) is 5.02 Å². The van der Waals surface area contributed by atoms with E-state index >= 15 is 0 Å². The topological polar surface area (TPSA) is 51.2 Å². The maximum Gasteiger partial charge on any atom is 0.228 e. The highest BCUT2D eigenvalue weighted by Crippen LogP contribution is 2.21. The number of amides is 1. The minimum atomic E-state index is -0.0242. The number of carbonyl (C=O) groups is 1. The Bertz CT molecular complexity index is 378. The third-order valence-electron chi connectivity index (χ3n) is 2.59. The van der Waals surface area contributed by atoms with Gasteiger partial charge in [0, 0.05) is 25.3 Å². The van der Waals surface area contributed by atoms with Gasteiger partial charge in [0.25, 0.3) is 0 Å². The summed E-state index contributed by atoms with van der Waals surface area (Å²) in [5.41, 5.74) is 0. The number of nitrogens with zero attached hydrogens (tertiary/aromatic N) is 1. The maximum atomic E-state index is 11.9. The molecule has 0 spiro atoms. The first-order valence-electron chi connectivity index (χ1n) is 5.26. The van der Waals surface area contributed by atoms with Crippen LogP contribution in [0.25, 0.3) is 0 Å². The zero-order valence-electron chi connectivity index (χ0n) is 8.78. The number of pyridine rings is 1. The molecule has 1 aromatic heterocycles. The van der Waals surface area contributed by atoms with Gasteiger partial charge in [0.15, 0.2) is 5.82 Å². The number of anilines is 1. The second-order valence-corrected chi connectivity index (χ2v) is 4.12. The zero-order chi connectivity index (χ0) is 11.4. The molecule has 1 aromatic rings. The van der Waals surface area contributed by atoms with Crippen LogP contribution in [0.15, 0.2) is 18.3 Å². The molecular formula is C11H13ClN2O2. The Morgan fingerprint density at radius 2 is 2.25 bits per heavy atom. The van der Waals surface area contributed by atoms with Crippen LogP contribution in [0.3, 0.4) is 0 Å². The molecule has 0 radical (unpaired) electrons. The minimum absolute atomic E-state index is 0.00632. The van der Waals surface area contributed by atoms with Crippen LogP contribution in [-0.2, 0) is 9.53 Å². The molecule has 0 bridgehead atoms. The van der Waals surface area contributed by atoms with Crippen molar-refractivity contribution in [3.05, 3.63) is 23.4 Å². The van der Waals surface area contributed by atoms with E-state index in [1.54, 1.807) is 18.3 Å². The molecule has 0 atom stereocenters. The Hall–Kier alpha value is -1.13. The van der Waals surface area contributed by atoms with Gasteiger partial charge in [0.2, 0.25) is 5.91 Å². The van der Waals surface area contributed by atoms with Crippen LogP contribution in [0.2, 0.25) is 5.02 Å². The first-order valence-corrected chi connectivity index (χ1v) is 5.64. The van der Waals surface area contributed by atoms with E-state index in [4.69, 9.17) is 16.3 Å². The predicted octanol–water partition coefficient (Wildman–Crippen LogP) is 2.10. The number of nitrogens with one attached hydrogen (secondary N) is 1. The van der Waals surface area contributed by atoms with Crippen molar-refractivity contribution >= 4 is 23.3 Å². The van der Waals surface area contributed by atoms with Crippen LogP contribution in [0.1, 0.15) is 12.8 Å². The maximum absolute atomic E-state index is 11.9. The average Bonchev–Trinajstić information content (AvgIpc) is 2.33. The molecular weight excluding hydrogens is 228 g/mol. The van der Waals surface area contributed by atoms with Gasteiger partial charge in [-0.25, -0.2) is 4.98 Å².